The first kappa shape index (κ1) is 16.3. The molecule has 3 N–H and O–H groups in total. The van der Waals surface area contributed by atoms with Gasteiger partial charge in [0.15, 0.2) is 0 Å². The molecule has 126 valence electrons. The molecule has 1 aromatic carbocycles. The van der Waals surface area contributed by atoms with Gasteiger partial charge in [-0.05, 0) is 50.3 Å². The minimum atomic E-state index is -0.588. The first-order valence-electron chi connectivity index (χ1n) is 8.98. The number of nitrogens with one attached hydrogen (secondary N) is 1. The Labute approximate surface area is 139 Å². The maximum atomic E-state index is 12.8. The number of carbonyl (C=O) groups excluding carboxylic acids is 1. The molecule has 1 aliphatic heterocycles. The number of nitrogens with two attached hydrogens (primary N) is 1. The maximum Gasteiger partial charge on any atom is 0.242 e. The van der Waals surface area contributed by atoms with E-state index in [1.165, 1.54) is 17.7 Å². The number of nitrogens with zero attached hydrogens (tertiary/aromatic N) is 1. The lowest BCUT2D eigenvalue weighted by molar-refractivity contribution is -0.139. The molecule has 0 bridgehead atoms. The Morgan fingerprint density at radius 1 is 1.22 bits per heavy atom. The molecule has 1 amide bonds. The van der Waals surface area contributed by atoms with E-state index in [9.17, 15) is 4.79 Å². The summed E-state index contributed by atoms with van der Waals surface area (Å²) in [7, 11) is 0. The number of rotatable bonds is 3. The molecule has 0 aromatic heterocycles. The zero-order chi connectivity index (χ0) is 16.3. The van der Waals surface area contributed by atoms with E-state index in [0.29, 0.717) is 6.04 Å². The molecule has 4 heteroatoms. The van der Waals surface area contributed by atoms with Gasteiger partial charge in [0, 0.05) is 24.8 Å². The molecule has 4 nitrogen and oxygen atoms in total. The van der Waals surface area contributed by atoms with E-state index in [0.717, 1.165) is 51.6 Å². The topological polar surface area (TPSA) is 58.4 Å². The summed E-state index contributed by atoms with van der Waals surface area (Å²) in [6, 6.07) is 8.92. The van der Waals surface area contributed by atoms with Crippen LogP contribution in [-0.4, -0.2) is 35.5 Å². The fraction of sp³-hybridized carbons (Fsp3) is 0.632. The Hall–Kier alpha value is -1.55. The van der Waals surface area contributed by atoms with E-state index in [-0.39, 0.29) is 5.91 Å². The van der Waals surface area contributed by atoms with Gasteiger partial charge in [-0.3, -0.25) is 4.79 Å². The van der Waals surface area contributed by atoms with Crippen molar-refractivity contribution >= 4 is 11.6 Å². The Morgan fingerprint density at radius 3 is 2.57 bits per heavy atom. The van der Waals surface area contributed by atoms with Gasteiger partial charge >= 0.3 is 0 Å². The van der Waals surface area contributed by atoms with Crippen molar-refractivity contribution in [3.05, 3.63) is 29.8 Å². The lowest BCUT2D eigenvalue weighted by atomic mass is 9.81. The van der Waals surface area contributed by atoms with Crippen LogP contribution in [0.15, 0.2) is 24.3 Å². The molecule has 0 unspecified atom stereocenters. The second-order valence-corrected chi connectivity index (χ2v) is 7.30. The van der Waals surface area contributed by atoms with E-state index in [1.54, 1.807) is 0 Å². The molecule has 0 spiro atoms. The van der Waals surface area contributed by atoms with Gasteiger partial charge in [0.2, 0.25) is 5.91 Å². The molecular formula is C19H29N3O. The lowest BCUT2D eigenvalue weighted by Gasteiger charge is -2.40. The van der Waals surface area contributed by atoms with E-state index >= 15 is 0 Å². The fourth-order valence-corrected chi connectivity index (χ4v) is 3.91. The highest BCUT2D eigenvalue weighted by Crippen LogP contribution is 2.29. The summed E-state index contributed by atoms with van der Waals surface area (Å²) in [5, 5.41) is 3.60. The third-order valence-electron chi connectivity index (χ3n) is 5.34. The number of hydrogen-bond donors (Lipinski definition) is 2. The molecule has 23 heavy (non-hydrogen) atoms. The molecule has 1 saturated carbocycles. The second kappa shape index (κ2) is 6.91. The Kier molecular flexibility index (Phi) is 4.90. The van der Waals surface area contributed by atoms with E-state index < -0.39 is 5.54 Å². The van der Waals surface area contributed by atoms with Gasteiger partial charge in [-0.1, -0.05) is 31.4 Å². The zero-order valence-corrected chi connectivity index (χ0v) is 14.2. The highest BCUT2D eigenvalue weighted by Gasteiger charge is 2.39. The van der Waals surface area contributed by atoms with Crippen molar-refractivity contribution in [2.45, 2.75) is 63.5 Å². The number of anilines is 1. The van der Waals surface area contributed by atoms with Crippen LogP contribution in [0.3, 0.4) is 0 Å². The standard InChI is InChI=1S/C19H29N3O/c1-15-6-5-7-17(14-15)21-16-8-12-22(13-9-16)18(23)19(20)10-3-2-4-11-19/h5-7,14,16,21H,2-4,8-13,20H2,1H3. The minimum Gasteiger partial charge on any atom is -0.382 e. The summed E-state index contributed by atoms with van der Waals surface area (Å²) >= 11 is 0. The number of aryl methyl sites for hydroxylation is 1. The zero-order valence-electron chi connectivity index (χ0n) is 14.2. The third-order valence-corrected chi connectivity index (χ3v) is 5.34. The second-order valence-electron chi connectivity index (χ2n) is 7.30. The predicted octanol–water partition coefficient (Wildman–Crippen LogP) is 3.06. The molecule has 0 radical (unpaired) electrons. The average molecular weight is 315 g/mol. The smallest absolute Gasteiger partial charge is 0.242 e. The Bertz CT molecular complexity index is 543. The van der Waals surface area contributed by atoms with Crippen LogP contribution >= 0.6 is 0 Å². The van der Waals surface area contributed by atoms with Crippen molar-refractivity contribution in [2.75, 3.05) is 18.4 Å². The van der Waals surface area contributed by atoms with Crippen LogP contribution in [0.2, 0.25) is 0 Å². The minimum absolute atomic E-state index is 0.186. The van der Waals surface area contributed by atoms with Crippen LogP contribution in [-0.2, 0) is 4.79 Å². The van der Waals surface area contributed by atoms with E-state index in [4.69, 9.17) is 5.73 Å². The van der Waals surface area contributed by atoms with Crippen LogP contribution in [0.5, 0.6) is 0 Å². The summed E-state index contributed by atoms with van der Waals surface area (Å²) in [6.45, 7) is 3.75. The van der Waals surface area contributed by atoms with Crippen molar-refractivity contribution in [3.63, 3.8) is 0 Å². The van der Waals surface area contributed by atoms with Crippen LogP contribution in [0, 0.1) is 6.92 Å². The van der Waals surface area contributed by atoms with Gasteiger partial charge in [-0.2, -0.15) is 0 Å². The Balaban J connectivity index is 1.53. The number of amides is 1. The third kappa shape index (κ3) is 3.86. The predicted molar refractivity (Wildman–Crippen MR) is 94.4 cm³/mol. The Morgan fingerprint density at radius 2 is 1.91 bits per heavy atom. The van der Waals surface area contributed by atoms with Gasteiger partial charge in [0.05, 0.1) is 5.54 Å². The average Bonchev–Trinajstić information content (AvgIpc) is 2.56. The molecule has 1 aliphatic carbocycles. The first-order valence-corrected chi connectivity index (χ1v) is 8.98. The summed E-state index contributed by atoms with van der Waals surface area (Å²) in [5.41, 5.74) is 8.26. The van der Waals surface area contributed by atoms with Crippen molar-refractivity contribution in [1.29, 1.82) is 0 Å². The largest absolute Gasteiger partial charge is 0.382 e. The first-order chi connectivity index (χ1) is 11.1. The monoisotopic (exact) mass is 315 g/mol. The molecular weight excluding hydrogens is 286 g/mol. The van der Waals surface area contributed by atoms with Crippen molar-refractivity contribution in [1.82, 2.24) is 4.90 Å². The highest BCUT2D eigenvalue weighted by molar-refractivity contribution is 5.86. The summed E-state index contributed by atoms with van der Waals surface area (Å²) in [6.07, 6.45) is 7.10. The van der Waals surface area contributed by atoms with Crippen LogP contribution in [0.4, 0.5) is 5.69 Å². The number of piperidine rings is 1. The fourth-order valence-electron chi connectivity index (χ4n) is 3.91. The van der Waals surface area contributed by atoms with Crippen LogP contribution in [0.1, 0.15) is 50.5 Å². The molecule has 2 fully saturated rings. The van der Waals surface area contributed by atoms with Crippen molar-refractivity contribution in [3.8, 4) is 0 Å². The van der Waals surface area contributed by atoms with E-state index in [1.807, 2.05) is 4.90 Å². The summed E-state index contributed by atoms with van der Waals surface area (Å²) in [4.78, 5) is 14.8. The normalized spacial score (nSPS) is 21.9. The molecule has 1 aromatic rings. The SMILES string of the molecule is Cc1cccc(NC2CCN(C(=O)C3(N)CCCCC3)CC2)c1. The maximum absolute atomic E-state index is 12.8. The van der Waals surface area contributed by atoms with Crippen LogP contribution in [0.25, 0.3) is 0 Å². The van der Waals surface area contributed by atoms with Crippen molar-refractivity contribution in [2.24, 2.45) is 5.73 Å². The van der Waals surface area contributed by atoms with Crippen molar-refractivity contribution < 1.29 is 4.79 Å². The number of likely N-dealkylation sites (tertiary alicyclic amines) is 1. The molecule has 3 rings (SSSR count). The molecule has 2 aliphatic rings. The molecule has 1 heterocycles. The number of benzene rings is 1. The van der Waals surface area contributed by atoms with Gasteiger partial charge in [0.25, 0.3) is 0 Å². The quantitative estimate of drug-likeness (QED) is 0.901. The molecule has 0 atom stereocenters. The van der Waals surface area contributed by atoms with Gasteiger partial charge in [-0.15, -0.1) is 0 Å². The highest BCUT2D eigenvalue weighted by atomic mass is 16.2. The summed E-state index contributed by atoms with van der Waals surface area (Å²) < 4.78 is 0. The summed E-state index contributed by atoms with van der Waals surface area (Å²) in [5.74, 6) is 0.186. The van der Waals surface area contributed by atoms with Gasteiger partial charge < -0.3 is 16.0 Å². The number of carbonyl (C=O) groups is 1. The van der Waals surface area contributed by atoms with Gasteiger partial charge in [0.1, 0.15) is 0 Å². The van der Waals surface area contributed by atoms with E-state index in [2.05, 4.69) is 36.5 Å². The van der Waals surface area contributed by atoms with Crippen LogP contribution < -0.4 is 11.1 Å². The lowest BCUT2D eigenvalue weighted by Crippen LogP contribution is -2.58. The molecule has 1 saturated heterocycles. The number of hydrogen-bond acceptors (Lipinski definition) is 3. The van der Waals surface area contributed by atoms with Gasteiger partial charge in [-0.25, -0.2) is 0 Å².